The van der Waals surface area contributed by atoms with E-state index in [1.165, 1.54) is 17.8 Å². The Labute approximate surface area is 208 Å². The molecule has 35 heavy (non-hydrogen) atoms. The van der Waals surface area contributed by atoms with Crippen LogP contribution in [0.25, 0.3) is 0 Å². The highest BCUT2D eigenvalue weighted by Gasteiger charge is 2.42. The molecule has 0 aromatic heterocycles. The second-order valence-corrected chi connectivity index (χ2v) is 9.34. The lowest BCUT2D eigenvalue weighted by molar-refractivity contribution is -0.139. The number of amidine groups is 1. The summed E-state index contributed by atoms with van der Waals surface area (Å²) in [5.74, 6) is -1.04. The first kappa shape index (κ1) is 25.0. The zero-order valence-corrected chi connectivity index (χ0v) is 20.7. The van der Waals surface area contributed by atoms with Gasteiger partial charge in [-0.1, -0.05) is 30.0 Å². The maximum absolute atomic E-state index is 15.0. The molecule has 1 saturated heterocycles. The number of esters is 1. The average Bonchev–Trinajstić information content (AvgIpc) is 3.42. The van der Waals surface area contributed by atoms with Gasteiger partial charge in [0, 0.05) is 37.3 Å². The Morgan fingerprint density at radius 2 is 2.11 bits per heavy atom. The largest absolute Gasteiger partial charge is 0.463 e. The summed E-state index contributed by atoms with van der Waals surface area (Å²) in [6.07, 6.45) is 2.22. The number of aliphatic imine (C=N–C) groups is 1. The summed E-state index contributed by atoms with van der Waals surface area (Å²) >= 11 is 1.34. The second-order valence-electron chi connectivity index (χ2n) is 8.50. The van der Waals surface area contributed by atoms with Crippen molar-refractivity contribution in [2.24, 2.45) is 4.99 Å². The van der Waals surface area contributed by atoms with Crippen molar-refractivity contribution in [2.75, 3.05) is 26.2 Å². The molecule has 3 aliphatic heterocycles. The minimum atomic E-state index is -0.794. The van der Waals surface area contributed by atoms with E-state index in [1.54, 1.807) is 36.9 Å². The van der Waals surface area contributed by atoms with E-state index in [2.05, 4.69) is 10.3 Å². The van der Waals surface area contributed by atoms with E-state index in [0.717, 1.165) is 13.0 Å². The summed E-state index contributed by atoms with van der Waals surface area (Å²) in [4.78, 5) is 45.5. The highest BCUT2D eigenvalue weighted by molar-refractivity contribution is 8.16. The zero-order valence-electron chi connectivity index (χ0n) is 19.9. The number of amides is 2. The number of ether oxygens (including phenoxy) is 1. The van der Waals surface area contributed by atoms with Gasteiger partial charge in [0.2, 0.25) is 11.8 Å². The van der Waals surface area contributed by atoms with E-state index in [4.69, 9.17) is 4.74 Å². The van der Waals surface area contributed by atoms with Gasteiger partial charge in [-0.15, -0.1) is 0 Å². The molecular weight excluding hydrogens is 471 g/mol. The molecule has 0 aliphatic carbocycles. The predicted molar refractivity (Wildman–Crippen MR) is 131 cm³/mol. The maximum Gasteiger partial charge on any atom is 0.338 e. The summed E-state index contributed by atoms with van der Waals surface area (Å²) < 4.78 is 20.2. The number of rotatable bonds is 9. The molecule has 4 rings (SSSR count). The van der Waals surface area contributed by atoms with Crippen LogP contribution in [0, 0.1) is 5.82 Å². The van der Waals surface area contributed by atoms with E-state index in [0.29, 0.717) is 48.1 Å². The Bertz CT molecular complexity index is 1120. The van der Waals surface area contributed by atoms with Crippen LogP contribution in [0.5, 0.6) is 0 Å². The molecule has 1 aromatic carbocycles. The number of carbonyl (C=O) groups excluding carboxylic acids is 3. The van der Waals surface area contributed by atoms with Crippen LogP contribution in [0.3, 0.4) is 0 Å². The van der Waals surface area contributed by atoms with Crippen LogP contribution in [0.1, 0.15) is 51.1 Å². The lowest BCUT2D eigenvalue weighted by atomic mass is 9.93. The van der Waals surface area contributed by atoms with Crippen molar-refractivity contribution >= 4 is 34.7 Å². The molecular formula is C25H29FN4O4S. The number of allylic oxidation sites excluding steroid dienone is 1. The zero-order chi connectivity index (χ0) is 24.9. The fourth-order valence-corrected chi connectivity index (χ4v) is 5.46. The van der Waals surface area contributed by atoms with Gasteiger partial charge >= 0.3 is 5.97 Å². The molecule has 3 aliphatic rings. The molecule has 3 heterocycles. The summed E-state index contributed by atoms with van der Waals surface area (Å²) in [6.45, 7) is 5.46. The van der Waals surface area contributed by atoms with Gasteiger partial charge in [0.15, 0.2) is 5.17 Å². The molecule has 0 saturated carbocycles. The van der Waals surface area contributed by atoms with Crippen molar-refractivity contribution in [3.05, 3.63) is 58.0 Å². The number of carbonyl (C=O) groups is 3. The van der Waals surface area contributed by atoms with Crippen LogP contribution >= 0.6 is 11.8 Å². The van der Waals surface area contributed by atoms with Gasteiger partial charge in [0.25, 0.3) is 0 Å². The van der Waals surface area contributed by atoms with Crippen LogP contribution < -0.4 is 5.32 Å². The van der Waals surface area contributed by atoms with Crippen LogP contribution in [-0.2, 0) is 19.1 Å². The van der Waals surface area contributed by atoms with Crippen molar-refractivity contribution in [2.45, 2.75) is 45.6 Å². The Balaban J connectivity index is 1.49. The summed E-state index contributed by atoms with van der Waals surface area (Å²) in [7, 11) is 0. The number of hydrogen-bond acceptors (Lipinski definition) is 7. The Kier molecular flexibility index (Phi) is 7.90. The molecule has 2 amide bonds. The van der Waals surface area contributed by atoms with Gasteiger partial charge in [-0.05, 0) is 38.2 Å². The second kappa shape index (κ2) is 11.1. The predicted octanol–water partition coefficient (Wildman–Crippen LogP) is 3.48. The molecule has 0 bridgehead atoms. The Morgan fingerprint density at radius 3 is 2.83 bits per heavy atom. The summed E-state index contributed by atoms with van der Waals surface area (Å²) in [5, 5.41) is 5.30. The lowest BCUT2D eigenvalue weighted by Gasteiger charge is -2.36. The third kappa shape index (κ3) is 5.42. The van der Waals surface area contributed by atoms with Crippen molar-refractivity contribution < 1.29 is 23.5 Å². The van der Waals surface area contributed by atoms with Gasteiger partial charge in [0.05, 0.1) is 30.3 Å². The SMILES string of the molecule is CCOC(=O)C1=C(C)N=C2SC=C(CC(=O)NCCCN3CCCC3=O)N2[C@@H]1c1ccccc1F. The molecule has 186 valence electrons. The minimum absolute atomic E-state index is 0.0504. The third-order valence-electron chi connectivity index (χ3n) is 6.14. The highest BCUT2D eigenvalue weighted by atomic mass is 32.2. The fourth-order valence-electron chi connectivity index (χ4n) is 4.50. The number of nitrogens with one attached hydrogen (secondary N) is 1. The van der Waals surface area contributed by atoms with Crippen molar-refractivity contribution in [3.8, 4) is 0 Å². The van der Waals surface area contributed by atoms with Gasteiger partial charge < -0.3 is 19.9 Å². The standard InChI is InChI=1S/C25H29FN4O4S/c1-3-34-24(33)22-16(2)28-25-30(23(22)18-8-4-5-9-19(18)26)17(15-35-25)14-20(31)27-11-7-13-29-12-6-10-21(29)32/h4-5,8-9,15,23H,3,6-7,10-14H2,1-2H3,(H,27,31)/t23-/m1/s1. The molecule has 1 fully saturated rings. The van der Waals surface area contributed by atoms with Gasteiger partial charge in [-0.2, -0.15) is 0 Å². The molecule has 0 radical (unpaired) electrons. The molecule has 10 heteroatoms. The van der Waals surface area contributed by atoms with Crippen LogP contribution in [0.2, 0.25) is 0 Å². The Morgan fingerprint density at radius 1 is 1.31 bits per heavy atom. The number of benzene rings is 1. The first-order valence-corrected chi connectivity index (χ1v) is 12.7. The quantitative estimate of drug-likeness (QED) is 0.412. The number of hydrogen-bond donors (Lipinski definition) is 1. The lowest BCUT2D eigenvalue weighted by Crippen LogP contribution is -2.38. The number of thioether (sulfide) groups is 1. The van der Waals surface area contributed by atoms with Gasteiger partial charge in [-0.25, -0.2) is 14.2 Å². The smallest absolute Gasteiger partial charge is 0.338 e. The monoisotopic (exact) mass is 500 g/mol. The summed E-state index contributed by atoms with van der Waals surface area (Å²) in [5.41, 5.74) is 1.66. The molecule has 0 spiro atoms. The number of likely N-dealkylation sites (tertiary alicyclic amines) is 1. The Hall–Kier alpha value is -3.14. The van der Waals surface area contributed by atoms with E-state index < -0.39 is 17.8 Å². The minimum Gasteiger partial charge on any atom is -0.463 e. The van der Waals surface area contributed by atoms with Crippen LogP contribution in [0.15, 0.2) is 51.6 Å². The van der Waals surface area contributed by atoms with E-state index in [1.807, 2.05) is 10.3 Å². The molecule has 8 nitrogen and oxygen atoms in total. The average molecular weight is 501 g/mol. The number of fused-ring (bicyclic) bond motifs is 1. The van der Waals surface area contributed by atoms with E-state index in [-0.39, 0.29) is 30.4 Å². The normalized spacial score (nSPS) is 19.5. The fraction of sp³-hybridized carbons (Fsp3) is 0.440. The van der Waals surface area contributed by atoms with Crippen molar-refractivity contribution in [3.63, 3.8) is 0 Å². The summed E-state index contributed by atoms with van der Waals surface area (Å²) in [6, 6.07) is 5.50. The van der Waals surface area contributed by atoms with E-state index >= 15 is 0 Å². The molecule has 1 aromatic rings. The third-order valence-corrected chi connectivity index (χ3v) is 7.02. The number of halogens is 1. The van der Waals surface area contributed by atoms with E-state index in [9.17, 15) is 18.8 Å². The van der Waals surface area contributed by atoms with Crippen molar-refractivity contribution in [1.29, 1.82) is 0 Å². The topological polar surface area (TPSA) is 91.3 Å². The first-order valence-electron chi connectivity index (χ1n) is 11.8. The number of nitrogens with zero attached hydrogens (tertiary/aromatic N) is 3. The van der Waals surface area contributed by atoms with Gasteiger partial charge in [0.1, 0.15) is 5.82 Å². The molecule has 1 atom stereocenters. The van der Waals surface area contributed by atoms with Crippen LogP contribution in [-0.4, -0.2) is 59.0 Å². The van der Waals surface area contributed by atoms with Gasteiger partial charge in [-0.3, -0.25) is 9.59 Å². The molecule has 0 unspecified atom stereocenters. The first-order chi connectivity index (χ1) is 16.9. The van der Waals surface area contributed by atoms with Crippen molar-refractivity contribution in [1.82, 2.24) is 15.1 Å². The highest BCUT2D eigenvalue weighted by Crippen LogP contribution is 2.45. The maximum atomic E-state index is 15.0. The van der Waals surface area contributed by atoms with Crippen LogP contribution in [0.4, 0.5) is 4.39 Å². The molecule has 1 N–H and O–H groups in total.